The summed E-state index contributed by atoms with van der Waals surface area (Å²) in [6.07, 6.45) is 12.4. The Balaban J connectivity index is 0.00000167. The fourth-order valence-electron chi connectivity index (χ4n) is 4.21. The number of carbonyl (C=O) groups is 3. The molecule has 1 aliphatic carbocycles. The number of hydrogen-bond donors (Lipinski definition) is 3. The molecule has 2 unspecified atom stereocenters. The highest BCUT2D eigenvalue weighted by Crippen LogP contribution is 2.44. The van der Waals surface area contributed by atoms with Crippen molar-refractivity contribution < 1.29 is 14.4 Å². The molecule has 3 N–H and O–H groups in total. The largest absolute Gasteiger partial charge is 0.348 e. The number of nitrogens with zero attached hydrogens (tertiary/aromatic N) is 2. The van der Waals surface area contributed by atoms with E-state index in [0.717, 1.165) is 19.3 Å². The summed E-state index contributed by atoms with van der Waals surface area (Å²) in [7, 11) is 0. The molecule has 2 atom stereocenters. The molecular weight excluding hydrogens is 462 g/mol. The lowest BCUT2D eigenvalue weighted by molar-refractivity contribution is -0.117. The molecule has 3 heterocycles. The molecule has 1 aliphatic heterocycles. The summed E-state index contributed by atoms with van der Waals surface area (Å²) in [5.41, 5.74) is 1.70. The summed E-state index contributed by atoms with van der Waals surface area (Å²) < 4.78 is 0. The second kappa shape index (κ2) is 11.6. The zero-order valence-electron chi connectivity index (χ0n) is 20.3. The Morgan fingerprint density at radius 2 is 1.91 bits per heavy atom. The number of pyridine rings is 1. The van der Waals surface area contributed by atoms with E-state index >= 15 is 0 Å². The van der Waals surface area contributed by atoms with E-state index in [2.05, 4.69) is 34.1 Å². The van der Waals surface area contributed by atoms with Crippen molar-refractivity contribution in [2.75, 3.05) is 10.2 Å². The molecule has 0 spiro atoms. The predicted octanol–water partition coefficient (Wildman–Crippen LogP) is 5.27. The number of anilines is 2. The number of nitrogens with one attached hydrogen (secondary N) is 3. The third-order valence-corrected chi connectivity index (χ3v) is 6.82. The molecule has 35 heavy (non-hydrogen) atoms. The summed E-state index contributed by atoms with van der Waals surface area (Å²) in [5, 5.41) is 9.50. The molecule has 4 amide bonds. The van der Waals surface area contributed by atoms with Gasteiger partial charge in [-0.15, -0.1) is 11.3 Å². The van der Waals surface area contributed by atoms with Gasteiger partial charge in [-0.05, 0) is 50.5 Å². The number of amides is 4. The number of rotatable bonds is 7. The average Bonchev–Trinajstić information content (AvgIpc) is 3.47. The van der Waals surface area contributed by atoms with Crippen molar-refractivity contribution in [3.05, 3.63) is 66.4 Å². The Hall–Kier alpha value is -3.72. The second-order valence-corrected chi connectivity index (χ2v) is 8.73. The SMILES string of the molecule is C=CC(=O)NC1CCCC1NC(=O)c1sc2nccc3c2c1NC(=O)N3/C(C=C)=C/C=C\C.CC. The Bertz CT molecular complexity index is 1210. The molecule has 2 aromatic rings. The van der Waals surface area contributed by atoms with Crippen molar-refractivity contribution in [2.45, 2.75) is 52.1 Å². The van der Waals surface area contributed by atoms with Gasteiger partial charge in [-0.3, -0.25) is 14.5 Å². The minimum atomic E-state index is -0.380. The fraction of sp³-hybridized carbons (Fsp3) is 0.308. The quantitative estimate of drug-likeness (QED) is 0.361. The molecule has 0 saturated heterocycles. The van der Waals surface area contributed by atoms with E-state index in [-0.39, 0.29) is 29.9 Å². The van der Waals surface area contributed by atoms with Gasteiger partial charge in [0.2, 0.25) is 5.91 Å². The molecule has 0 bridgehead atoms. The van der Waals surface area contributed by atoms with Crippen LogP contribution in [-0.2, 0) is 4.79 Å². The number of hydrogen-bond acceptors (Lipinski definition) is 5. The highest BCUT2D eigenvalue weighted by atomic mass is 32.1. The number of aromatic nitrogens is 1. The van der Waals surface area contributed by atoms with Crippen molar-refractivity contribution in [3.63, 3.8) is 0 Å². The lowest BCUT2D eigenvalue weighted by Crippen LogP contribution is -2.48. The molecule has 0 aromatic carbocycles. The molecule has 1 fully saturated rings. The van der Waals surface area contributed by atoms with Gasteiger partial charge in [-0.25, -0.2) is 9.78 Å². The normalized spacial score (nSPS) is 19.1. The van der Waals surface area contributed by atoms with Crippen LogP contribution in [0.3, 0.4) is 0 Å². The van der Waals surface area contributed by atoms with Crippen LogP contribution in [0, 0.1) is 0 Å². The minimum absolute atomic E-state index is 0.157. The van der Waals surface area contributed by atoms with Gasteiger partial charge in [0.05, 0.1) is 22.5 Å². The van der Waals surface area contributed by atoms with Crippen LogP contribution >= 0.6 is 11.3 Å². The fourth-order valence-corrected chi connectivity index (χ4v) is 5.23. The molecule has 2 aromatic heterocycles. The van der Waals surface area contributed by atoms with Crippen molar-refractivity contribution in [2.24, 2.45) is 0 Å². The Kier molecular flexibility index (Phi) is 8.59. The lowest BCUT2D eigenvalue weighted by Gasteiger charge is -2.29. The second-order valence-electron chi connectivity index (χ2n) is 7.73. The third-order valence-electron chi connectivity index (χ3n) is 5.72. The standard InChI is InChI=1S/C24H25N5O3S.C2H6/c1-4-7-9-14(5-2)29-17-12-13-25-23-19(17)20(28-24(29)32)21(33-23)22(31)27-16-11-8-10-15(16)26-18(30)6-3;1-2/h4-7,9,12-13,15-16H,2-3,8,10-11H2,1H3,(H,26,30)(H,27,31)(H,28,32);1-2H3/b7-4-,14-9+;. The Morgan fingerprint density at radius 1 is 1.20 bits per heavy atom. The lowest BCUT2D eigenvalue weighted by atomic mass is 10.1. The van der Waals surface area contributed by atoms with Crippen LogP contribution in [0.15, 0.2) is 61.5 Å². The first-order chi connectivity index (χ1) is 17.0. The van der Waals surface area contributed by atoms with E-state index in [9.17, 15) is 14.4 Å². The number of allylic oxidation sites excluding steroid dienone is 4. The van der Waals surface area contributed by atoms with Gasteiger partial charge >= 0.3 is 6.03 Å². The van der Waals surface area contributed by atoms with E-state index < -0.39 is 0 Å². The van der Waals surface area contributed by atoms with Crippen molar-refractivity contribution >= 4 is 50.8 Å². The van der Waals surface area contributed by atoms with Crippen LogP contribution in [0.4, 0.5) is 16.2 Å². The van der Waals surface area contributed by atoms with Crippen molar-refractivity contribution in [3.8, 4) is 0 Å². The zero-order chi connectivity index (χ0) is 25.5. The summed E-state index contributed by atoms with van der Waals surface area (Å²) in [5.74, 6) is -0.561. The van der Waals surface area contributed by atoms with Crippen LogP contribution < -0.4 is 20.9 Å². The van der Waals surface area contributed by atoms with Gasteiger partial charge in [0.15, 0.2) is 0 Å². The monoisotopic (exact) mass is 493 g/mol. The summed E-state index contributed by atoms with van der Waals surface area (Å²) >= 11 is 1.23. The maximum Gasteiger partial charge on any atom is 0.331 e. The van der Waals surface area contributed by atoms with E-state index in [1.807, 2.05) is 32.9 Å². The van der Waals surface area contributed by atoms with Gasteiger partial charge in [0, 0.05) is 18.3 Å². The molecule has 2 aliphatic rings. The Morgan fingerprint density at radius 3 is 2.57 bits per heavy atom. The highest BCUT2D eigenvalue weighted by molar-refractivity contribution is 7.21. The molecule has 4 rings (SSSR count). The first-order valence-electron chi connectivity index (χ1n) is 11.7. The van der Waals surface area contributed by atoms with Crippen LogP contribution in [0.5, 0.6) is 0 Å². The topological polar surface area (TPSA) is 103 Å². The van der Waals surface area contributed by atoms with Gasteiger partial charge in [0.1, 0.15) is 9.71 Å². The Labute approximate surface area is 209 Å². The van der Waals surface area contributed by atoms with E-state index in [0.29, 0.717) is 32.2 Å². The van der Waals surface area contributed by atoms with Gasteiger partial charge in [-0.1, -0.05) is 39.2 Å². The molecule has 184 valence electrons. The molecule has 1 saturated carbocycles. The first kappa shape index (κ1) is 25.9. The molecule has 8 nitrogen and oxygen atoms in total. The minimum Gasteiger partial charge on any atom is -0.348 e. The smallest absolute Gasteiger partial charge is 0.331 e. The van der Waals surface area contributed by atoms with Gasteiger partial charge in [0.25, 0.3) is 5.91 Å². The highest BCUT2D eigenvalue weighted by Gasteiger charge is 2.35. The number of carbonyl (C=O) groups excluding carboxylic acids is 3. The van der Waals surface area contributed by atoms with Crippen LogP contribution in [-0.4, -0.2) is 34.9 Å². The first-order valence-corrected chi connectivity index (χ1v) is 12.5. The molecular formula is C26H31N5O3S. The maximum absolute atomic E-state index is 13.2. The molecule has 9 heteroatoms. The van der Waals surface area contributed by atoms with Crippen molar-refractivity contribution in [1.82, 2.24) is 15.6 Å². The zero-order valence-corrected chi connectivity index (χ0v) is 21.1. The van der Waals surface area contributed by atoms with Crippen LogP contribution in [0.25, 0.3) is 10.2 Å². The van der Waals surface area contributed by atoms with Crippen LogP contribution in [0.1, 0.15) is 49.7 Å². The number of urea groups is 1. The summed E-state index contributed by atoms with van der Waals surface area (Å²) in [6.45, 7) is 13.2. The van der Waals surface area contributed by atoms with E-state index in [1.54, 1.807) is 24.4 Å². The van der Waals surface area contributed by atoms with Crippen molar-refractivity contribution in [1.29, 1.82) is 0 Å². The van der Waals surface area contributed by atoms with Gasteiger partial charge in [-0.2, -0.15) is 0 Å². The van der Waals surface area contributed by atoms with Gasteiger partial charge < -0.3 is 16.0 Å². The third kappa shape index (κ3) is 5.19. The average molecular weight is 494 g/mol. The predicted molar refractivity (Wildman–Crippen MR) is 143 cm³/mol. The van der Waals surface area contributed by atoms with E-state index in [4.69, 9.17) is 0 Å². The number of thiophene rings is 1. The van der Waals surface area contributed by atoms with Crippen LogP contribution in [0.2, 0.25) is 0 Å². The summed E-state index contributed by atoms with van der Waals surface area (Å²) in [6, 6.07) is 1.02. The summed E-state index contributed by atoms with van der Waals surface area (Å²) in [4.78, 5) is 45.0. The maximum atomic E-state index is 13.2. The van der Waals surface area contributed by atoms with E-state index in [1.165, 1.54) is 22.3 Å². The molecule has 0 radical (unpaired) electrons.